The topological polar surface area (TPSA) is 80.9 Å². The molecule has 3 rings (SSSR count). The summed E-state index contributed by atoms with van der Waals surface area (Å²) in [6.45, 7) is 12.7. The third-order valence-corrected chi connectivity index (χ3v) is 5.55. The zero-order valence-corrected chi connectivity index (χ0v) is 22.0. The van der Waals surface area contributed by atoms with Crippen LogP contribution in [0.15, 0.2) is 27.7 Å². The molecule has 0 saturated carbocycles. The van der Waals surface area contributed by atoms with Crippen LogP contribution >= 0.6 is 24.0 Å². The fraction of sp³-hybridized carbons (Fsp3) is 0.583. The van der Waals surface area contributed by atoms with Crippen molar-refractivity contribution >= 4 is 29.9 Å². The quantitative estimate of drug-likeness (QED) is 0.197. The molecule has 0 spiro atoms. The van der Waals surface area contributed by atoms with E-state index in [0.717, 1.165) is 74.3 Å². The Balaban J connectivity index is 0.00000363. The highest BCUT2D eigenvalue weighted by Crippen LogP contribution is 2.23. The van der Waals surface area contributed by atoms with E-state index in [2.05, 4.69) is 47.8 Å². The Hall–Kier alpha value is -1.81. The Morgan fingerprint density at radius 1 is 1.25 bits per heavy atom. The fourth-order valence-electron chi connectivity index (χ4n) is 3.69. The average molecular weight is 556 g/mol. The summed E-state index contributed by atoms with van der Waals surface area (Å²) in [6, 6.07) is 6.32. The number of nitrogens with one attached hydrogen (secondary N) is 2. The minimum absolute atomic E-state index is 0. The van der Waals surface area contributed by atoms with Crippen molar-refractivity contribution in [1.29, 1.82) is 0 Å². The van der Waals surface area contributed by atoms with Gasteiger partial charge in [0.25, 0.3) is 0 Å². The number of benzene rings is 1. The molecular weight excluding hydrogens is 519 g/mol. The van der Waals surface area contributed by atoms with Gasteiger partial charge in [0.2, 0.25) is 0 Å². The lowest BCUT2D eigenvalue weighted by atomic mass is 10.1. The monoisotopic (exact) mass is 556 g/mol. The van der Waals surface area contributed by atoms with Gasteiger partial charge in [0, 0.05) is 36.7 Å². The van der Waals surface area contributed by atoms with Gasteiger partial charge in [0.05, 0.1) is 25.5 Å². The van der Waals surface area contributed by atoms with E-state index in [-0.39, 0.29) is 24.0 Å². The van der Waals surface area contributed by atoms with Gasteiger partial charge >= 0.3 is 0 Å². The number of halogens is 1. The third-order valence-electron chi connectivity index (χ3n) is 5.55. The van der Waals surface area contributed by atoms with E-state index in [9.17, 15) is 0 Å². The lowest BCUT2D eigenvalue weighted by Crippen LogP contribution is -2.37. The van der Waals surface area contributed by atoms with Crippen molar-refractivity contribution in [2.75, 3.05) is 32.9 Å². The summed E-state index contributed by atoms with van der Waals surface area (Å²) in [5.41, 5.74) is 4.47. The predicted octanol–water partition coefficient (Wildman–Crippen LogP) is 4.32. The van der Waals surface area contributed by atoms with Crippen molar-refractivity contribution in [3.05, 3.63) is 46.3 Å². The molecule has 32 heavy (non-hydrogen) atoms. The normalized spacial score (nSPS) is 16.0. The Kier molecular flexibility index (Phi) is 11.3. The molecular formula is C24H37IN4O3. The number of ether oxygens (including phenoxy) is 2. The summed E-state index contributed by atoms with van der Waals surface area (Å²) >= 11 is 0. The third kappa shape index (κ3) is 7.95. The van der Waals surface area contributed by atoms with Gasteiger partial charge in [-0.1, -0.05) is 17.3 Å². The summed E-state index contributed by atoms with van der Waals surface area (Å²) in [5, 5.41) is 10.8. The van der Waals surface area contributed by atoms with Crippen molar-refractivity contribution in [3.8, 4) is 5.75 Å². The largest absolute Gasteiger partial charge is 0.493 e. The van der Waals surface area contributed by atoms with E-state index in [0.29, 0.717) is 19.1 Å². The molecule has 1 atom stereocenters. The van der Waals surface area contributed by atoms with Crippen LogP contribution in [0.1, 0.15) is 47.9 Å². The molecule has 1 aliphatic rings. The number of rotatable bonds is 10. The number of nitrogens with zero attached hydrogens (tertiary/aromatic N) is 2. The maximum absolute atomic E-state index is 6.15. The molecule has 178 valence electrons. The van der Waals surface area contributed by atoms with Crippen LogP contribution in [0.4, 0.5) is 0 Å². The van der Waals surface area contributed by atoms with Gasteiger partial charge in [0.1, 0.15) is 11.5 Å². The van der Waals surface area contributed by atoms with E-state index in [4.69, 9.17) is 19.0 Å². The maximum Gasteiger partial charge on any atom is 0.191 e. The number of aliphatic imine (C=N–C) groups is 1. The second-order valence-electron chi connectivity index (χ2n) is 8.18. The highest BCUT2D eigenvalue weighted by Gasteiger charge is 2.17. The lowest BCUT2D eigenvalue weighted by molar-refractivity contribution is 0.166. The van der Waals surface area contributed by atoms with Crippen LogP contribution in [0, 0.1) is 26.7 Å². The second kappa shape index (κ2) is 13.7. The van der Waals surface area contributed by atoms with E-state index < -0.39 is 0 Å². The molecule has 1 aliphatic heterocycles. The van der Waals surface area contributed by atoms with Gasteiger partial charge in [-0.25, -0.2) is 4.99 Å². The SMILES string of the molecule is CCNC(=NCc1ccc(C)cc1OCC1CCOC1)NCCCc1c(C)noc1C.I. The first kappa shape index (κ1) is 26.4. The average Bonchev–Trinajstić information content (AvgIpc) is 3.39. The molecule has 1 fully saturated rings. The molecule has 0 amide bonds. The minimum Gasteiger partial charge on any atom is -0.493 e. The summed E-state index contributed by atoms with van der Waals surface area (Å²) in [6.07, 6.45) is 2.99. The molecule has 2 aromatic rings. The summed E-state index contributed by atoms with van der Waals surface area (Å²) in [5.74, 6) is 3.13. The Morgan fingerprint density at radius 3 is 2.78 bits per heavy atom. The van der Waals surface area contributed by atoms with Crippen molar-refractivity contribution in [1.82, 2.24) is 15.8 Å². The zero-order valence-electron chi connectivity index (χ0n) is 19.7. The summed E-state index contributed by atoms with van der Waals surface area (Å²) in [7, 11) is 0. The number of hydrogen-bond donors (Lipinski definition) is 2. The Labute approximate surface area is 208 Å². The predicted molar refractivity (Wildman–Crippen MR) is 138 cm³/mol. The zero-order chi connectivity index (χ0) is 22.1. The van der Waals surface area contributed by atoms with Crippen molar-refractivity contribution < 1.29 is 14.0 Å². The van der Waals surface area contributed by atoms with Gasteiger partial charge in [-0.3, -0.25) is 0 Å². The summed E-state index contributed by atoms with van der Waals surface area (Å²) in [4.78, 5) is 4.78. The van der Waals surface area contributed by atoms with E-state index in [1.807, 2.05) is 13.8 Å². The van der Waals surface area contributed by atoms with Crippen LogP contribution in [0.2, 0.25) is 0 Å². The molecule has 1 saturated heterocycles. The van der Waals surface area contributed by atoms with Crippen LogP contribution in [-0.4, -0.2) is 44.0 Å². The first-order chi connectivity index (χ1) is 15.1. The molecule has 0 aliphatic carbocycles. The van der Waals surface area contributed by atoms with Gasteiger partial charge in [0.15, 0.2) is 5.96 Å². The van der Waals surface area contributed by atoms with Gasteiger partial charge in [-0.15, -0.1) is 24.0 Å². The lowest BCUT2D eigenvalue weighted by Gasteiger charge is -2.15. The minimum atomic E-state index is 0. The van der Waals surface area contributed by atoms with Gasteiger partial charge in [-0.2, -0.15) is 0 Å². The standard InChI is InChI=1S/C24H36N4O3.HI/c1-5-25-24(26-11-6-7-22-18(3)28-31-19(22)4)27-14-21-9-8-17(2)13-23(21)30-16-20-10-12-29-15-20;/h8-9,13,20H,5-7,10-12,14-16H2,1-4H3,(H2,25,26,27);1H. The summed E-state index contributed by atoms with van der Waals surface area (Å²) < 4.78 is 16.9. The molecule has 7 nitrogen and oxygen atoms in total. The first-order valence-electron chi connectivity index (χ1n) is 11.3. The van der Waals surface area contributed by atoms with Gasteiger partial charge in [-0.05, 0) is 58.6 Å². The van der Waals surface area contributed by atoms with Crippen LogP contribution in [-0.2, 0) is 17.7 Å². The fourth-order valence-corrected chi connectivity index (χ4v) is 3.69. The highest BCUT2D eigenvalue weighted by atomic mass is 127. The van der Waals surface area contributed by atoms with Crippen LogP contribution in [0.5, 0.6) is 5.75 Å². The highest BCUT2D eigenvalue weighted by molar-refractivity contribution is 14.0. The van der Waals surface area contributed by atoms with Crippen molar-refractivity contribution in [2.24, 2.45) is 10.9 Å². The van der Waals surface area contributed by atoms with Crippen LogP contribution in [0.25, 0.3) is 0 Å². The van der Waals surface area contributed by atoms with E-state index in [1.165, 1.54) is 11.1 Å². The van der Waals surface area contributed by atoms with Crippen molar-refractivity contribution in [2.45, 2.75) is 53.5 Å². The molecule has 1 aromatic heterocycles. The van der Waals surface area contributed by atoms with E-state index >= 15 is 0 Å². The molecule has 2 heterocycles. The smallest absolute Gasteiger partial charge is 0.191 e. The van der Waals surface area contributed by atoms with E-state index in [1.54, 1.807) is 0 Å². The number of hydrogen-bond acceptors (Lipinski definition) is 5. The Bertz CT molecular complexity index is 843. The molecule has 0 radical (unpaired) electrons. The molecule has 2 N–H and O–H groups in total. The second-order valence-corrected chi connectivity index (χ2v) is 8.18. The van der Waals surface area contributed by atoms with Crippen LogP contribution in [0.3, 0.4) is 0 Å². The molecule has 1 aromatic carbocycles. The molecule has 8 heteroatoms. The van der Waals surface area contributed by atoms with Crippen LogP contribution < -0.4 is 15.4 Å². The Morgan fingerprint density at radius 2 is 2.09 bits per heavy atom. The first-order valence-corrected chi connectivity index (χ1v) is 11.3. The number of guanidine groups is 1. The number of aromatic nitrogens is 1. The number of aryl methyl sites for hydroxylation is 3. The van der Waals surface area contributed by atoms with Gasteiger partial charge < -0.3 is 24.6 Å². The van der Waals surface area contributed by atoms with Crippen molar-refractivity contribution in [3.63, 3.8) is 0 Å². The molecule has 1 unspecified atom stereocenters. The maximum atomic E-state index is 6.15. The molecule has 0 bridgehead atoms.